The first-order valence-corrected chi connectivity index (χ1v) is 13.2. The highest BCUT2D eigenvalue weighted by atomic mass is 32.2. The Morgan fingerprint density at radius 2 is 1.57 bits per heavy atom. The number of hydrogen-bond donors (Lipinski definition) is 3. The van der Waals surface area contributed by atoms with Gasteiger partial charge < -0.3 is 20.7 Å². The zero-order chi connectivity index (χ0) is 28.3. The first-order chi connectivity index (χ1) is 19.4. The number of rotatable bonds is 10. The van der Waals surface area contributed by atoms with E-state index in [2.05, 4.69) is 16.0 Å². The van der Waals surface area contributed by atoms with Crippen molar-refractivity contribution in [1.29, 1.82) is 0 Å². The Bertz CT molecular complexity index is 1530. The van der Waals surface area contributed by atoms with Crippen LogP contribution in [0.3, 0.4) is 0 Å². The van der Waals surface area contributed by atoms with Gasteiger partial charge in [-0.2, -0.15) is 0 Å². The SMILES string of the molecule is COc1cccc(/C=C(\NC(=O)c2ccccc2)C(=O)Nc2cccc(SCC(=O)Nc3ccc(F)cc3)c2)c1. The number of anilines is 2. The fraction of sp³-hybridized carbons (Fsp3) is 0.0645. The molecule has 0 aliphatic carbocycles. The number of methoxy groups -OCH3 is 1. The van der Waals surface area contributed by atoms with Gasteiger partial charge in [0.05, 0.1) is 12.9 Å². The molecule has 0 aliphatic rings. The first-order valence-electron chi connectivity index (χ1n) is 12.2. The standard InChI is InChI=1S/C31H26FN3O4S/c1-39-26-11-5-7-21(17-26)18-28(35-30(37)22-8-3-2-4-9-22)31(38)34-25-10-6-12-27(19-25)40-20-29(36)33-24-15-13-23(32)14-16-24/h2-19H,20H2,1H3,(H,33,36)(H,34,38)(H,35,37)/b28-18-. The number of halogens is 1. The lowest BCUT2D eigenvalue weighted by molar-refractivity contribution is -0.114. The van der Waals surface area contributed by atoms with Crippen molar-refractivity contribution in [2.75, 3.05) is 23.5 Å². The number of amides is 3. The second-order valence-corrected chi connectivity index (χ2v) is 9.53. The third-order valence-corrected chi connectivity index (χ3v) is 6.52. The summed E-state index contributed by atoms with van der Waals surface area (Å²) in [4.78, 5) is 39.2. The van der Waals surface area contributed by atoms with Crippen LogP contribution in [-0.2, 0) is 9.59 Å². The third-order valence-electron chi connectivity index (χ3n) is 5.52. The molecule has 3 N–H and O–H groups in total. The summed E-state index contributed by atoms with van der Waals surface area (Å²) in [5.74, 6) is -0.866. The average Bonchev–Trinajstić information content (AvgIpc) is 2.97. The molecule has 0 unspecified atom stereocenters. The summed E-state index contributed by atoms with van der Waals surface area (Å²) in [7, 11) is 1.55. The van der Waals surface area contributed by atoms with Gasteiger partial charge in [0.1, 0.15) is 17.3 Å². The molecular weight excluding hydrogens is 529 g/mol. The molecule has 0 aliphatic heterocycles. The van der Waals surface area contributed by atoms with E-state index in [9.17, 15) is 18.8 Å². The Hall–Kier alpha value is -4.89. The van der Waals surface area contributed by atoms with Gasteiger partial charge in [0, 0.05) is 21.8 Å². The van der Waals surface area contributed by atoms with Gasteiger partial charge in [-0.15, -0.1) is 11.8 Å². The summed E-state index contributed by atoms with van der Waals surface area (Å²) in [5.41, 5.74) is 2.10. The van der Waals surface area contributed by atoms with Crippen LogP contribution in [0.4, 0.5) is 15.8 Å². The monoisotopic (exact) mass is 555 g/mol. The highest BCUT2D eigenvalue weighted by Crippen LogP contribution is 2.23. The van der Waals surface area contributed by atoms with E-state index < -0.39 is 11.8 Å². The number of benzene rings is 4. The van der Waals surface area contributed by atoms with E-state index in [0.717, 1.165) is 4.90 Å². The smallest absolute Gasteiger partial charge is 0.272 e. The molecule has 0 bridgehead atoms. The predicted molar refractivity (Wildman–Crippen MR) is 156 cm³/mol. The number of thioether (sulfide) groups is 1. The topological polar surface area (TPSA) is 96.5 Å². The second kappa shape index (κ2) is 13.8. The molecule has 3 amide bonds. The molecule has 0 saturated heterocycles. The van der Waals surface area contributed by atoms with Crippen LogP contribution in [0.25, 0.3) is 6.08 Å². The molecule has 0 radical (unpaired) electrons. The third kappa shape index (κ3) is 8.31. The van der Waals surface area contributed by atoms with E-state index in [-0.39, 0.29) is 23.2 Å². The molecule has 9 heteroatoms. The van der Waals surface area contributed by atoms with Crippen molar-refractivity contribution in [3.63, 3.8) is 0 Å². The molecule has 0 spiro atoms. The fourth-order valence-corrected chi connectivity index (χ4v) is 4.34. The van der Waals surface area contributed by atoms with Gasteiger partial charge in [0.15, 0.2) is 0 Å². The van der Waals surface area contributed by atoms with Gasteiger partial charge in [-0.3, -0.25) is 14.4 Å². The predicted octanol–water partition coefficient (Wildman–Crippen LogP) is 5.97. The normalized spacial score (nSPS) is 10.9. The van der Waals surface area contributed by atoms with Gasteiger partial charge >= 0.3 is 0 Å². The van der Waals surface area contributed by atoms with Crippen LogP contribution in [0.1, 0.15) is 15.9 Å². The Balaban J connectivity index is 1.46. The molecule has 0 heterocycles. The van der Waals surface area contributed by atoms with E-state index >= 15 is 0 Å². The van der Waals surface area contributed by atoms with E-state index in [0.29, 0.717) is 28.3 Å². The maximum atomic E-state index is 13.3. The first kappa shape index (κ1) is 28.1. The zero-order valence-corrected chi connectivity index (χ0v) is 22.3. The fourth-order valence-electron chi connectivity index (χ4n) is 3.58. The number of carbonyl (C=O) groups excluding carboxylic acids is 3. The molecule has 202 valence electrons. The van der Waals surface area contributed by atoms with Gasteiger partial charge in [0.2, 0.25) is 5.91 Å². The van der Waals surface area contributed by atoms with E-state index in [1.165, 1.54) is 36.0 Å². The lowest BCUT2D eigenvalue weighted by atomic mass is 10.1. The molecule has 0 aromatic heterocycles. The quantitative estimate of drug-likeness (QED) is 0.165. The molecule has 0 saturated carbocycles. The maximum absolute atomic E-state index is 13.3. The minimum atomic E-state index is -0.525. The Morgan fingerprint density at radius 1 is 0.825 bits per heavy atom. The highest BCUT2D eigenvalue weighted by Gasteiger charge is 2.16. The number of carbonyl (C=O) groups is 3. The van der Waals surface area contributed by atoms with Gasteiger partial charge in [-0.05, 0) is 78.4 Å². The van der Waals surface area contributed by atoms with Crippen molar-refractivity contribution in [3.05, 3.63) is 126 Å². The Labute approximate surface area is 235 Å². The van der Waals surface area contributed by atoms with Crippen molar-refractivity contribution < 1.29 is 23.5 Å². The Morgan fingerprint density at radius 3 is 2.33 bits per heavy atom. The van der Waals surface area contributed by atoms with Crippen LogP contribution in [0, 0.1) is 5.82 Å². The minimum absolute atomic E-state index is 0.0406. The largest absolute Gasteiger partial charge is 0.497 e. The summed E-state index contributed by atoms with van der Waals surface area (Å²) < 4.78 is 18.3. The molecule has 4 aromatic rings. The van der Waals surface area contributed by atoms with Crippen LogP contribution < -0.4 is 20.7 Å². The number of hydrogen-bond acceptors (Lipinski definition) is 5. The van der Waals surface area contributed by atoms with Crippen molar-refractivity contribution in [2.45, 2.75) is 4.90 Å². The molecule has 0 fully saturated rings. The summed E-state index contributed by atoms with van der Waals surface area (Å²) in [6.45, 7) is 0. The average molecular weight is 556 g/mol. The van der Waals surface area contributed by atoms with E-state index in [4.69, 9.17) is 4.74 Å². The zero-order valence-electron chi connectivity index (χ0n) is 21.5. The summed E-state index contributed by atoms with van der Waals surface area (Å²) in [5, 5.41) is 8.24. The molecule has 40 heavy (non-hydrogen) atoms. The lowest BCUT2D eigenvalue weighted by Gasteiger charge is -2.12. The Kier molecular flexibility index (Phi) is 9.68. The van der Waals surface area contributed by atoms with Crippen molar-refractivity contribution in [3.8, 4) is 5.75 Å². The van der Waals surface area contributed by atoms with E-state index in [1.807, 2.05) is 6.07 Å². The van der Waals surface area contributed by atoms with Gasteiger partial charge in [-0.25, -0.2) is 4.39 Å². The van der Waals surface area contributed by atoms with Crippen molar-refractivity contribution >= 4 is 46.9 Å². The van der Waals surface area contributed by atoms with Crippen LogP contribution in [0.5, 0.6) is 5.75 Å². The highest BCUT2D eigenvalue weighted by molar-refractivity contribution is 8.00. The van der Waals surface area contributed by atoms with Crippen molar-refractivity contribution in [2.24, 2.45) is 0 Å². The molecular formula is C31H26FN3O4S. The molecule has 7 nitrogen and oxygen atoms in total. The van der Waals surface area contributed by atoms with Gasteiger partial charge in [0.25, 0.3) is 11.8 Å². The van der Waals surface area contributed by atoms with E-state index in [1.54, 1.807) is 86.0 Å². The van der Waals surface area contributed by atoms with Crippen LogP contribution in [0.2, 0.25) is 0 Å². The summed E-state index contributed by atoms with van der Waals surface area (Å²) >= 11 is 1.28. The summed E-state index contributed by atoms with van der Waals surface area (Å²) in [6.07, 6.45) is 1.57. The minimum Gasteiger partial charge on any atom is -0.497 e. The molecule has 0 atom stereocenters. The van der Waals surface area contributed by atoms with Crippen LogP contribution >= 0.6 is 11.8 Å². The number of ether oxygens (including phenoxy) is 1. The maximum Gasteiger partial charge on any atom is 0.272 e. The lowest BCUT2D eigenvalue weighted by Crippen LogP contribution is -2.30. The molecule has 4 rings (SSSR count). The van der Waals surface area contributed by atoms with Gasteiger partial charge in [-0.1, -0.05) is 36.4 Å². The number of nitrogens with one attached hydrogen (secondary N) is 3. The summed E-state index contributed by atoms with van der Waals surface area (Å²) in [6, 6.07) is 28.2. The van der Waals surface area contributed by atoms with Crippen molar-refractivity contribution in [1.82, 2.24) is 5.32 Å². The van der Waals surface area contributed by atoms with Crippen LogP contribution in [-0.4, -0.2) is 30.6 Å². The van der Waals surface area contributed by atoms with Crippen LogP contribution in [0.15, 0.2) is 114 Å². The second-order valence-electron chi connectivity index (χ2n) is 8.48. The molecule has 4 aromatic carbocycles.